The first kappa shape index (κ1) is 37.9. The van der Waals surface area contributed by atoms with Crippen molar-refractivity contribution < 1.29 is 9.90 Å². The molecule has 4 heteroatoms. The number of benzene rings is 7. The quantitative estimate of drug-likeness (QED) is 0.105. The summed E-state index contributed by atoms with van der Waals surface area (Å²) in [4.78, 5) is 22.0. The van der Waals surface area contributed by atoms with Gasteiger partial charge in [0.25, 0.3) is 0 Å². The molecule has 4 nitrogen and oxygen atoms in total. The highest BCUT2D eigenvalue weighted by atomic mass is 16.3. The Labute approximate surface area is 350 Å². The second kappa shape index (κ2) is 17.0. The lowest BCUT2D eigenvalue weighted by Crippen LogP contribution is -1.99. The van der Waals surface area contributed by atoms with Crippen LogP contribution in [-0.2, 0) is 11.2 Å². The van der Waals surface area contributed by atoms with Gasteiger partial charge < -0.3 is 5.11 Å². The predicted molar refractivity (Wildman–Crippen MR) is 247 cm³/mol. The Bertz CT molecular complexity index is 2990. The van der Waals surface area contributed by atoms with Crippen LogP contribution in [0.3, 0.4) is 0 Å². The largest absolute Gasteiger partial charge is 0.512 e. The van der Waals surface area contributed by atoms with Crippen LogP contribution in [0.2, 0.25) is 0 Å². The molecule has 0 amide bonds. The lowest BCUT2D eigenvalue weighted by molar-refractivity contribution is -0.114. The average molecular weight is 775 g/mol. The molecule has 0 saturated heterocycles. The average Bonchev–Trinajstić information content (AvgIpc) is 3.31. The summed E-state index contributed by atoms with van der Waals surface area (Å²) in [5.74, 6) is -0.0763. The molecular weight excluding hydrogens is 733 g/mol. The molecule has 2 aromatic heterocycles. The lowest BCUT2D eigenvalue weighted by atomic mass is 9.86. The van der Waals surface area contributed by atoms with E-state index in [1.54, 1.807) is 0 Å². The van der Waals surface area contributed by atoms with E-state index in [-0.39, 0.29) is 11.5 Å². The van der Waals surface area contributed by atoms with Gasteiger partial charge in [0.15, 0.2) is 5.78 Å². The summed E-state index contributed by atoms with van der Waals surface area (Å²) < 4.78 is 0. The number of rotatable bonds is 11. The minimum absolute atomic E-state index is 0.0224. The fraction of sp³-hybridized carbons (Fsp3) is 0.0536. The normalized spacial score (nSPS) is 11.4. The van der Waals surface area contributed by atoms with Gasteiger partial charge in [0.1, 0.15) is 0 Å². The highest BCUT2D eigenvalue weighted by Gasteiger charge is 2.17. The summed E-state index contributed by atoms with van der Waals surface area (Å²) in [6.45, 7) is 1.53. The molecule has 0 radical (unpaired) electrons. The summed E-state index contributed by atoms with van der Waals surface area (Å²) in [5.41, 5.74) is 16.1. The Morgan fingerprint density at radius 3 is 1.58 bits per heavy atom. The first-order valence-electron chi connectivity index (χ1n) is 20.3. The zero-order valence-corrected chi connectivity index (χ0v) is 33.3. The Balaban J connectivity index is 1.16. The fourth-order valence-corrected chi connectivity index (χ4v) is 8.16. The number of aryl methyl sites for hydroxylation is 1. The first-order valence-corrected chi connectivity index (χ1v) is 20.3. The van der Waals surface area contributed by atoms with Crippen molar-refractivity contribution in [2.24, 2.45) is 0 Å². The van der Waals surface area contributed by atoms with E-state index in [4.69, 9.17) is 4.98 Å². The number of hydrogen-bond acceptors (Lipinski definition) is 4. The number of aliphatic hydroxyl groups is 1. The van der Waals surface area contributed by atoms with Gasteiger partial charge in [0.05, 0.1) is 17.1 Å². The van der Waals surface area contributed by atoms with Crippen LogP contribution in [0, 0.1) is 0 Å². The third-order valence-electron chi connectivity index (χ3n) is 11.0. The first-order chi connectivity index (χ1) is 29.5. The highest BCUT2D eigenvalue weighted by Crippen LogP contribution is 2.41. The summed E-state index contributed by atoms with van der Waals surface area (Å²) in [5, 5.41) is 12.0. The van der Waals surface area contributed by atoms with Gasteiger partial charge in [-0.15, -0.1) is 0 Å². The number of hydrogen-bond donors (Lipinski definition) is 1. The molecule has 0 spiro atoms. The van der Waals surface area contributed by atoms with Crippen molar-refractivity contribution in [3.63, 3.8) is 0 Å². The van der Waals surface area contributed by atoms with Gasteiger partial charge in [-0.3, -0.25) is 14.8 Å². The number of carbonyl (C=O) groups excluding carboxylic acids is 1. The van der Waals surface area contributed by atoms with Crippen LogP contribution in [0.1, 0.15) is 18.9 Å². The Kier molecular flexibility index (Phi) is 10.8. The van der Waals surface area contributed by atoms with Crippen LogP contribution in [0.15, 0.2) is 212 Å². The van der Waals surface area contributed by atoms with E-state index in [2.05, 4.69) is 169 Å². The maximum atomic E-state index is 12.7. The van der Waals surface area contributed by atoms with Gasteiger partial charge in [-0.05, 0) is 116 Å². The van der Waals surface area contributed by atoms with Gasteiger partial charge in [-0.25, -0.2) is 0 Å². The Hall–Kier alpha value is -7.69. The summed E-state index contributed by atoms with van der Waals surface area (Å²) >= 11 is 0. The van der Waals surface area contributed by atoms with Gasteiger partial charge in [0.2, 0.25) is 0 Å². The molecule has 0 aliphatic heterocycles. The van der Waals surface area contributed by atoms with Gasteiger partial charge in [-0.1, -0.05) is 152 Å². The summed E-state index contributed by atoms with van der Waals surface area (Å²) in [6, 6.07) is 66.1. The van der Waals surface area contributed by atoms with Crippen molar-refractivity contribution in [1.82, 2.24) is 9.97 Å². The molecule has 0 saturated carbocycles. The topological polar surface area (TPSA) is 63.1 Å². The Morgan fingerprint density at radius 2 is 0.983 bits per heavy atom. The molecule has 9 rings (SSSR count). The minimum Gasteiger partial charge on any atom is -0.512 e. The second-order valence-electron chi connectivity index (χ2n) is 15.0. The number of aliphatic hydroxyl groups excluding tert-OH is 1. The van der Waals surface area contributed by atoms with Gasteiger partial charge >= 0.3 is 0 Å². The van der Waals surface area contributed by atoms with E-state index >= 15 is 0 Å². The van der Waals surface area contributed by atoms with Crippen molar-refractivity contribution >= 4 is 16.6 Å². The lowest BCUT2D eigenvalue weighted by Gasteiger charge is -2.18. The number of fused-ring (bicyclic) bond motifs is 1. The van der Waals surface area contributed by atoms with E-state index in [1.165, 1.54) is 18.4 Å². The molecule has 60 heavy (non-hydrogen) atoms. The molecule has 288 valence electrons. The number of carbonyl (C=O) groups is 1. The molecular formula is C56H42N2O2. The van der Waals surface area contributed by atoms with E-state index in [1.807, 2.05) is 36.7 Å². The number of aromatic nitrogens is 2. The minimum atomic E-state index is -0.0987. The van der Waals surface area contributed by atoms with E-state index in [0.717, 1.165) is 89.1 Å². The maximum absolute atomic E-state index is 12.7. The molecule has 0 aliphatic carbocycles. The maximum Gasteiger partial charge on any atom is 0.159 e. The van der Waals surface area contributed by atoms with Crippen molar-refractivity contribution in [1.29, 1.82) is 0 Å². The molecule has 1 N–H and O–H groups in total. The van der Waals surface area contributed by atoms with Crippen LogP contribution in [0.5, 0.6) is 0 Å². The molecule has 0 atom stereocenters. The SMILES string of the molecule is C/C(O)=C/C(=O)CCc1ccccc1-c1cc(-c2ccccc2-c2ccc(-c3ccccn3)cc2)cc(-c2ccccc2-c2ccc(-c3nccc4ccccc34)cc2)c1. The predicted octanol–water partition coefficient (Wildman–Crippen LogP) is 14.3. The van der Waals surface area contributed by atoms with Crippen molar-refractivity contribution in [3.8, 4) is 78.1 Å². The molecule has 0 aliphatic rings. The highest BCUT2D eigenvalue weighted by molar-refractivity contribution is 5.96. The number of allylic oxidation sites excluding steroid dienone is 2. The van der Waals surface area contributed by atoms with E-state index in [9.17, 15) is 9.90 Å². The second-order valence-corrected chi connectivity index (χ2v) is 15.0. The summed E-state index contributed by atoms with van der Waals surface area (Å²) in [6.07, 6.45) is 5.86. The molecule has 2 heterocycles. The number of nitrogens with zero attached hydrogens (tertiary/aromatic N) is 2. The Morgan fingerprint density at radius 1 is 0.483 bits per heavy atom. The fourth-order valence-electron chi connectivity index (χ4n) is 8.16. The molecule has 9 aromatic rings. The van der Waals surface area contributed by atoms with Crippen LogP contribution < -0.4 is 0 Å². The molecule has 7 aromatic carbocycles. The van der Waals surface area contributed by atoms with Crippen molar-refractivity contribution in [3.05, 3.63) is 218 Å². The van der Waals surface area contributed by atoms with Crippen LogP contribution in [0.25, 0.3) is 88.9 Å². The van der Waals surface area contributed by atoms with Gasteiger partial charge in [0, 0.05) is 41.4 Å². The van der Waals surface area contributed by atoms with Crippen molar-refractivity contribution in [2.45, 2.75) is 19.8 Å². The zero-order valence-electron chi connectivity index (χ0n) is 33.3. The molecule has 0 unspecified atom stereocenters. The standard InChI is InChI=1S/C56H42N2O2/c1-38(59)34-48(60)30-29-39-12-2-4-14-49(39)45-35-46(52-17-8-6-15-50(52)41-21-25-43(26-22-41)55-20-10-11-32-57-55)37-47(36-45)53-18-9-7-16-51(53)42-23-27-44(28-24-42)56-54-19-5-3-13-40(54)31-33-58-56/h2-28,31-37,59H,29-30H2,1H3/b38-34-. The van der Waals surface area contributed by atoms with Crippen LogP contribution >= 0.6 is 0 Å². The van der Waals surface area contributed by atoms with Crippen molar-refractivity contribution in [2.75, 3.05) is 0 Å². The summed E-state index contributed by atoms with van der Waals surface area (Å²) in [7, 11) is 0. The third kappa shape index (κ3) is 8.05. The van der Waals surface area contributed by atoms with Crippen LogP contribution in [-0.4, -0.2) is 20.9 Å². The van der Waals surface area contributed by atoms with E-state index in [0.29, 0.717) is 12.8 Å². The van der Waals surface area contributed by atoms with Crippen LogP contribution in [0.4, 0.5) is 0 Å². The zero-order chi connectivity index (χ0) is 40.8. The van der Waals surface area contributed by atoms with Gasteiger partial charge in [-0.2, -0.15) is 0 Å². The third-order valence-corrected chi connectivity index (χ3v) is 11.0. The molecule has 0 fully saturated rings. The number of ketones is 1. The smallest absolute Gasteiger partial charge is 0.159 e. The molecule has 0 bridgehead atoms. The monoisotopic (exact) mass is 774 g/mol. The van der Waals surface area contributed by atoms with E-state index < -0.39 is 0 Å². The number of pyridine rings is 2.